The van der Waals surface area contributed by atoms with Crippen LogP contribution >= 0.6 is 0 Å². The Morgan fingerprint density at radius 1 is 1.28 bits per heavy atom. The first kappa shape index (κ1) is 13.5. The fourth-order valence-electron chi connectivity index (χ4n) is 2.08. The van der Waals surface area contributed by atoms with E-state index in [4.69, 9.17) is 0 Å². The van der Waals surface area contributed by atoms with E-state index >= 15 is 0 Å². The van der Waals surface area contributed by atoms with Gasteiger partial charge in [0.1, 0.15) is 0 Å². The number of hydrogen-bond acceptors (Lipinski definition) is 3. The highest BCUT2D eigenvalue weighted by Crippen LogP contribution is 2.41. The monoisotopic (exact) mass is 269 g/mol. The van der Waals surface area contributed by atoms with Crippen LogP contribution in [0.25, 0.3) is 0 Å². The van der Waals surface area contributed by atoms with E-state index in [9.17, 15) is 13.5 Å². The SMILES string of the molecule is Cc1ccc(S(=O)(=O)NC2CC(O)C2(C)C)cc1. The Kier molecular flexibility index (Phi) is 3.25. The van der Waals surface area contributed by atoms with Crippen molar-refractivity contribution >= 4 is 10.0 Å². The number of aryl methyl sites for hydroxylation is 1. The van der Waals surface area contributed by atoms with E-state index < -0.39 is 21.5 Å². The van der Waals surface area contributed by atoms with Crippen LogP contribution in [0.4, 0.5) is 0 Å². The van der Waals surface area contributed by atoms with Crippen molar-refractivity contribution < 1.29 is 13.5 Å². The van der Waals surface area contributed by atoms with Crippen LogP contribution < -0.4 is 4.72 Å². The van der Waals surface area contributed by atoms with Gasteiger partial charge in [-0.2, -0.15) is 0 Å². The second-order valence-electron chi connectivity index (χ2n) is 5.56. The lowest BCUT2D eigenvalue weighted by atomic mass is 9.65. The Labute approximate surface area is 108 Å². The van der Waals surface area contributed by atoms with Gasteiger partial charge in [0.25, 0.3) is 0 Å². The zero-order chi connectivity index (χ0) is 13.6. The van der Waals surface area contributed by atoms with E-state index in [1.54, 1.807) is 24.3 Å². The summed E-state index contributed by atoms with van der Waals surface area (Å²) in [5.41, 5.74) is 0.617. The molecule has 18 heavy (non-hydrogen) atoms. The average molecular weight is 269 g/mol. The Morgan fingerprint density at radius 2 is 1.83 bits per heavy atom. The molecule has 1 aromatic carbocycles. The highest BCUT2D eigenvalue weighted by atomic mass is 32.2. The summed E-state index contributed by atoms with van der Waals surface area (Å²) in [4.78, 5) is 0.269. The molecule has 2 N–H and O–H groups in total. The number of aliphatic hydroxyl groups excluding tert-OH is 1. The summed E-state index contributed by atoms with van der Waals surface area (Å²) >= 11 is 0. The normalized spacial score (nSPS) is 26.7. The third kappa shape index (κ3) is 2.30. The zero-order valence-electron chi connectivity index (χ0n) is 10.8. The molecule has 0 saturated heterocycles. The molecule has 1 aromatic rings. The Morgan fingerprint density at radius 3 is 2.28 bits per heavy atom. The number of aliphatic hydroxyl groups is 1. The molecule has 0 aromatic heterocycles. The number of hydrogen-bond donors (Lipinski definition) is 2. The standard InChI is InChI=1S/C13H19NO3S/c1-9-4-6-10(7-5-9)18(16,17)14-11-8-12(15)13(11,2)3/h4-7,11-12,14-15H,8H2,1-3H3. The summed E-state index contributed by atoms with van der Waals surface area (Å²) in [6.07, 6.45) is 0.0289. The molecule has 2 rings (SSSR count). The predicted octanol–water partition coefficient (Wildman–Crippen LogP) is 1.43. The van der Waals surface area contributed by atoms with E-state index in [2.05, 4.69) is 4.72 Å². The van der Waals surface area contributed by atoms with Crippen LogP contribution in [-0.4, -0.2) is 25.7 Å². The van der Waals surface area contributed by atoms with Crippen LogP contribution in [0.15, 0.2) is 29.2 Å². The van der Waals surface area contributed by atoms with E-state index in [-0.39, 0.29) is 10.9 Å². The minimum Gasteiger partial charge on any atom is -0.392 e. The van der Waals surface area contributed by atoms with E-state index in [0.717, 1.165) is 5.56 Å². The fraction of sp³-hybridized carbons (Fsp3) is 0.538. The molecule has 0 aliphatic heterocycles. The van der Waals surface area contributed by atoms with Crippen molar-refractivity contribution in [3.8, 4) is 0 Å². The van der Waals surface area contributed by atoms with Gasteiger partial charge >= 0.3 is 0 Å². The Bertz CT molecular complexity index is 534. The molecule has 0 heterocycles. The third-order valence-electron chi connectivity index (χ3n) is 3.84. The summed E-state index contributed by atoms with van der Waals surface area (Å²) in [7, 11) is -3.49. The molecule has 0 spiro atoms. The minimum absolute atomic E-state index is 0.209. The van der Waals surface area contributed by atoms with Gasteiger partial charge in [0, 0.05) is 11.5 Å². The van der Waals surface area contributed by atoms with Gasteiger partial charge in [-0.25, -0.2) is 13.1 Å². The van der Waals surface area contributed by atoms with Gasteiger partial charge in [-0.1, -0.05) is 31.5 Å². The molecule has 0 bridgehead atoms. The van der Waals surface area contributed by atoms with Crippen LogP contribution in [0, 0.1) is 12.3 Å². The van der Waals surface area contributed by atoms with Gasteiger partial charge in [-0.15, -0.1) is 0 Å². The smallest absolute Gasteiger partial charge is 0.240 e. The van der Waals surface area contributed by atoms with Crippen LogP contribution in [0.3, 0.4) is 0 Å². The van der Waals surface area contributed by atoms with Gasteiger partial charge in [0.2, 0.25) is 10.0 Å². The molecule has 0 amide bonds. The Balaban J connectivity index is 2.16. The molecular weight excluding hydrogens is 250 g/mol. The number of benzene rings is 1. The van der Waals surface area contributed by atoms with E-state index in [0.29, 0.717) is 6.42 Å². The highest BCUT2D eigenvalue weighted by molar-refractivity contribution is 7.89. The summed E-state index contributed by atoms with van der Waals surface area (Å²) in [5, 5.41) is 9.62. The topological polar surface area (TPSA) is 66.4 Å². The van der Waals surface area contributed by atoms with Gasteiger partial charge < -0.3 is 5.11 Å². The molecule has 4 nitrogen and oxygen atoms in total. The first-order valence-electron chi connectivity index (χ1n) is 6.00. The Hall–Kier alpha value is -0.910. The van der Waals surface area contributed by atoms with E-state index in [1.807, 2.05) is 20.8 Å². The van der Waals surface area contributed by atoms with Crippen LogP contribution in [0.1, 0.15) is 25.8 Å². The van der Waals surface area contributed by atoms with Crippen LogP contribution in [0.2, 0.25) is 0 Å². The first-order valence-corrected chi connectivity index (χ1v) is 7.49. The molecule has 2 unspecified atom stereocenters. The van der Waals surface area contributed by atoms with Gasteiger partial charge in [-0.05, 0) is 25.5 Å². The first-order chi connectivity index (χ1) is 8.23. The zero-order valence-corrected chi connectivity index (χ0v) is 11.7. The predicted molar refractivity (Wildman–Crippen MR) is 69.7 cm³/mol. The van der Waals surface area contributed by atoms with E-state index in [1.165, 1.54) is 0 Å². The van der Waals surface area contributed by atoms with Gasteiger partial charge in [0.15, 0.2) is 0 Å². The lowest BCUT2D eigenvalue weighted by Crippen LogP contribution is -2.61. The third-order valence-corrected chi connectivity index (χ3v) is 5.33. The van der Waals surface area contributed by atoms with Crippen LogP contribution in [0.5, 0.6) is 0 Å². The van der Waals surface area contributed by atoms with Crippen molar-refractivity contribution in [3.63, 3.8) is 0 Å². The van der Waals surface area contributed by atoms with Crippen molar-refractivity contribution in [3.05, 3.63) is 29.8 Å². The van der Waals surface area contributed by atoms with Crippen LogP contribution in [-0.2, 0) is 10.0 Å². The molecular formula is C13H19NO3S. The molecule has 0 radical (unpaired) electrons. The van der Waals surface area contributed by atoms with Crippen molar-refractivity contribution in [2.24, 2.45) is 5.41 Å². The minimum atomic E-state index is -3.49. The quantitative estimate of drug-likeness (QED) is 0.872. The largest absolute Gasteiger partial charge is 0.392 e. The van der Waals surface area contributed by atoms with Crippen molar-refractivity contribution in [1.82, 2.24) is 4.72 Å². The maximum atomic E-state index is 12.1. The van der Waals surface area contributed by atoms with Gasteiger partial charge in [0.05, 0.1) is 11.0 Å². The maximum Gasteiger partial charge on any atom is 0.240 e. The molecule has 1 saturated carbocycles. The molecule has 1 aliphatic rings. The second-order valence-corrected chi connectivity index (χ2v) is 7.27. The average Bonchev–Trinajstić information content (AvgIpc) is 2.29. The lowest BCUT2D eigenvalue weighted by Gasteiger charge is -2.49. The van der Waals surface area contributed by atoms with Crippen molar-refractivity contribution in [2.75, 3.05) is 0 Å². The highest BCUT2D eigenvalue weighted by Gasteiger charge is 2.48. The fourth-order valence-corrected chi connectivity index (χ4v) is 3.48. The molecule has 1 fully saturated rings. The van der Waals surface area contributed by atoms with Crippen molar-refractivity contribution in [2.45, 2.75) is 44.2 Å². The summed E-state index contributed by atoms with van der Waals surface area (Å²) in [6, 6.07) is 6.53. The second kappa shape index (κ2) is 4.33. The van der Waals surface area contributed by atoms with Gasteiger partial charge in [-0.3, -0.25) is 0 Å². The summed E-state index contributed by atoms with van der Waals surface area (Å²) in [6.45, 7) is 5.64. The maximum absolute atomic E-state index is 12.1. The summed E-state index contributed by atoms with van der Waals surface area (Å²) < 4.78 is 27.0. The summed E-state index contributed by atoms with van der Waals surface area (Å²) in [5.74, 6) is 0. The molecule has 5 heteroatoms. The molecule has 100 valence electrons. The lowest BCUT2D eigenvalue weighted by molar-refractivity contribution is -0.0645. The number of sulfonamides is 1. The number of rotatable bonds is 3. The number of nitrogens with one attached hydrogen (secondary N) is 1. The molecule has 2 atom stereocenters. The molecule has 1 aliphatic carbocycles. The van der Waals surface area contributed by atoms with Crippen molar-refractivity contribution in [1.29, 1.82) is 0 Å².